The Morgan fingerprint density at radius 1 is 0.696 bits per heavy atom. The summed E-state index contributed by atoms with van der Waals surface area (Å²) in [6.45, 7) is 4.86. The fourth-order valence-electron chi connectivity index (χ4n) is 2.63. The highest BCUT2D eigenvalue weighted by Gasteiger charge is 2.00. The van der Waals surface area contributed by atoms with Crippen LogP contribution >= 0.6 is 0 Å². The van der Waals surface area contributed by atoms with Crippen LogP contribution in [0.2, 0.25) is 0 Å². The molecule has 0 amide bonds. The smallest absolute Gasteiger partial charge is 0.305 e. The van der Waals surface area contributed by atoms with E-state index in [9.17, 15) is 4.79 Å². The second kappa shape index (κ2) is 19.3. The molecule has 2 heteroatoms. The summed E-state index contributed by atoms with van der Waals surface area (Å²) in [7, 11) is 0. The maximum Gasteiger partial charge on any atom is 0.305 e. The summed E-state index contributed by atoms with van der Waals surface area (Å²) >= 11 is 0. The molecule has 2 nitrogen and oxygen atoms in total. The van der Waals surface area contributed by atoms with Crippen LogP contribution < -0.4 is 0 Å². The molecule has 0 aromatic rings. The molecule has 0 unspecified atom stereocenters. The predicted octanol–water partition coefficient (Wildman–Crippen LogP) is 6.98. The molecule has 0 aliphatic rings. The van der Waals surface area contributed by atoms with Crippen molar-refractivity contribution in [3.05, 3.63) is 12.2 Å². The van der Waals surface area contributed by atoms with E-state index in [1.165, 1.54) is 64.2 Å². The second-order valence-electron chi connectivity index (χ2n) is 6.55. The highest BCUT2D eigenvalue weighted by molar-refractivity contribution is 5.69. The van der Waals surface area contributed by atoms with E-state index in [0.29, 0.717) is 13.0 Å². The summed E-state index contributed by atoms with van der Waals surface area (Å²) in [5, 5.41) is 0. The first-order chi connectivity index (χ1) is 11.3. The van der Waals surface area contributed by atoms with E-state index in [1.54, 1.807) is 0 Å². The van der Waals surface area contributed by atoms with Gasteiger partial charge in [0.25, 0.3) is 0 Å². The van der Waals surface area contributed by atoms with E-state index in [1.807, 2.05) is 6.92 Å². The Balaban J connectivity index is 3.15. The number of hydrogen-bond acceptors (Lipinski definition) is 2. The monoisotopic (exact) mass is 324 g/mol. The van der Waals surface area contributed by atoms with Crippen LogP contribution in [0.25, 0.3) is 0 Å². The number of esters is 1. The fraction of sp³-hybridized carbons (Fsp3) is 0.857. The van der Waals surface area contributed by atoms with Crippen LogP contribution in [-0.2, 0) is 9.53 Å². The molecule has 0 aromatic heterocycles. The predicted molar refractivity (Wildman–Crippen MR) is 101 cm³/mol. The normalized spacial score (nSPS) is 11.2. The van der Waals surface area contributed by atoms with Crippen molar-refractivity contribution in [2.75, 3.05) is 6.61 Å². The van der Waals surface area contributed by atoms with Gasteiger partial charge in [-0.1, -0.05) is 77.4 Å². The lowest BCUT2D eigenvalue weighted by Crippen LogP contribution is -2.04. The lowest BCUT2D eigenvalue weighted by atomic mass is 10.1. The van der Waals surface area contributed by atoms with E-state index in [2.05, 4.69) is 19.1 Å². The molecule has 0 rings (SSSR count). The molecule has 136 valence electrons. The zero-order chi connectivity index (χ0) is 17.0. The van der Waals surface area contributed by atoms with Gasteiger partial charge in [0.1, 0.15) is 0 Å². The van der Waals surface area contributed by atoms with Crippen LogP contribution in [0.3, 0.4) is 0 Å². The minimum Gasteiger partial charge on any atom is -0.466 e. The maximum atomic E-state index is 11.3. The second-order valence-corrected chi connectivity index (χ2v) is 6.55. The summed E-state index contributed by atoms with van der Waals surface area (Å²) < 4.78 is 5.05. The van der Waals surface area contributed by atoms with Crippen LogP contribution in [0.4, 0.5) is 0 Å². The van der Waals surface area contributed by atoms with Crippen LogP contribution in [0, 0.1) is 0 Å². The molecule has 0 saturated carbocycles. The Morgan fingerprint density at radius 2 is 1.22 bits per heavy atom. The van der Waals surface area contributed by atoms with E-state index < -0.39 is 0 Å². The molecule has 0 aliphatic heterocycles. The van der Waals surface area contributed by atoms with Gasteiger partial charge < -0.3 is 4.74 Å². The van der Waals surface area contributed by atoms with Crippen molar-refractivity contribution in [3.63, 3.8) is 0 Å². The van der Waals surface area contributed by atoms with Crippen molar-refractivity contribution < 1.29 is 9.53 Å². The molecule has 0 bridgehead atoms. The SMILES string of the molecule is CCCCCCCCCCC/C=C\CCCCC(=O)OCCC. The summed E-state index contributed by atoms with van der Waals surface area (Å²) in [5.74, 6) is -0.0366. The topological polar surface area (TPSA) is 26.3 Å². The van der Waals surface area contributed by atoms with Crippen LogP contribution in [0.1, 0.15) is 110 Å². The minimum absolute atomic E-state index is 0.0366. The molecule has 0 fully saturated rings. The maximum absolute atomic E-state index is 11.3. The van der Waals surface area contributed by atoms with Gasteiger partial charge in [-0.2, -0.15) is 0 Å². The third kappa shape index (κ3) is 19.2. The van der Waals surface area contributed by atoms with Gasteiger partial charge in [-0.3, -0.25) is 4.79 Å². The largest absolute Gasteiger partial charge is 0.466 e. The molecule has 0 atom stereocenters. The molecule has 0 heterocycles. The van der Waals surface area contributed by atoms with Gasteiger partial charge in [-0.25, -0.2) is 0 Å². The Kier molecular flexibility index (Phi) is 18.6. The Labute approximate surface area is 145 Å². The standard InChI is InChI=1S/C21H40O2/c1-3-5-6-7-8-9-10-11-12-13-14-15-16-17-18-19-21(22)23-20-4-2/h14-15H,3-13,16-20H2,1-2H3/b15-14-. The van der Waals surface area contributed by atoms with Crippen molar-refractivity contribution >= 4 is 5.97 Å². The number of hydrogen-bond donors (Lipinski definition) is 0. The quantitative estimate of drug-likeness (QED) is 0.164. The Bertz CT molecular complexity index is 271. The number of unbranched alkanes of at least 4 members (excludes halogenated alkanes) is 11. The van der Waals surface area contributed by atoms with Crippen molar-refractivity contribution in [2.24, 2.45) is 0 Å². The summed E-state index contributed by atoms with van der Waals surface area (Å²) in [6, 6.07) is 0. The van der Waals surface area contributed by atoms with Gasteiger partial charge in [0.2, 0.25) is 0 Å². The first-order valence-electron chi connectivity index (χ1n) is 10.1. The molecule has 0 saturated heterocycles. The van der Waals surface area contributed by atoms with Gasteiger partial charge in [0.05, 0.1) is 6.61 Å². The van der Waals surface area contributed by atoms with Gasteiger partial charge >= 0.3 is 5.97 Å². The molecule has 23 heavy (non-hydrogen) atoms. The Hall–Kier alpha value is -0.790. The van der Waals surface area contributed by atoms with E-state index >= 15 is 0 Å². The lowest BCUT2D eigenvalue weighted by molar-refractivity contribution is -0.143. The van der Waals surface area contributed by atoms with Crippen molar-refractivity contribution in [1.29, 1.82) is 0 Å². The van der Waals surface area contributed by atoms with Crippen molar-refractivity contribution in [2.45, 2.75) is 110 Å². The number of allylic oxidation sites excluding steroid dienone is 2. The molecule has 0 spiro atoms. The highest BCUT2D eigenvalue weighted by Crippen LogP contribution is 2.11. The highest BCUT2D eigenvalue weighted by atomic mass is 16.5. The third-order valence-electron chi connectivity index (χ3n) is 4.11. The lowest BCUT2D eigenvalue weighted by Gasteiger charge is -2.02. The summed E-state index contributed by atoms with van der Waals surface area (Å²) in [6.07, 6.45) is 23.0. The summed E-state index contributed by atoms with van der Waals surface area (Å²) in [5.41, 5.74) is 0. The van der Waals surface area contributed by atoms with Crippen molar-refractivity contribution in [1.82, 2.24) is 0 Å². The first kappa shape index (κ1) is 22.2. The molecule has 0 N–H and O–H groups in total. The number of ether oxygens (including phenoxy) is 1. The number of carbonyl (C=O) groups is 1. The zero-order valence-electron chi connectivity index (χ0n) is 15.8. The van der Waals surface area contributed by atoms with Crippen molar-refractivity contribution in [3.8, 4) is 0 Å². The molecule has 0 aliphatic carbocycles. The molecule has 0 radical (unpaired) electrons. The zero-order valence-corrected chi connectivity index (χ0v) is 15.8. The van der Waals surface area contributed by atoms with E-state index in [4.69, 9.17) is 4.74 Å². The van der Waals surface area contributed by atoms with Crippen LogP contribution in [-0.4, -0.2) is 12.6 Å². The van der Waals surface area contributed by atoms with E-state index in [0.717, 1.165) is 25.7 Å². The summed E-state index contributed by atoms with van der Waals surface area (Å²) in [4.78, 5) is 11.3. The van der Waals surface area contributed by atoms with Gasteiger partial charge in [-0.05, 0) is 38.5 Å². The van der Waals surface area contributed by atoms with Gasteiger partial charge in [-0.15, -0.1) is 0 Å². The molecule has 0 aromatic carbocycles. The molecular formula is C21H40O2. The third-order valence-corrected chi connectivity index (χ3v) is 4.11. The minimum atomic E-state index is -0.0366. The number of rotatable bonds is 17. The van der Waals surface area contributed by atoms with Gasteiger partial charge in [0.15, 0.2) is 0 Å². The van der Waals surface area contributed by atoms with Crippen LogP contribution in [0.5, 0.6) is 0 Å². The average Bonchev–Trinajstić information content (AvgIpc) is 2.56. The van der Waals surface area contributed by atoms with Gasteiger partial charge in [0, 0.05) is 6.42 Å². The average molecular weight is 325 g/mol. The first-order valence-corrected chi connectivity index (χ1v) is 10.1. The Morgan fingerprint density at radius 3 is 1.78 bits per heavy atom. The number of carbonyl (C=O) groups excluding carboxylic acids is 1. The van der Waals surface area contributed by atoms with E-state index in [-0.39, 0.29) is 5.97 Å². The fourth-order valence-corrected chi connectivity index (χ4v) is 2.63. The van der Waals surface area contributed by atoms with Crippen LogP contribution in [0.15, 0.2) is 12.2 Å². The molecular weight excluding hydrogens is 284 g/mol.